The summed E-state index contributed by atoms with van der Waals surface area (Å²) in [4.78, 5) is 0. The van der Waals surface area contributed by atoms with E-state index in [4.69, 9.17) is 5.90 Å². The molecule has 2 saturated carbocycles. The second-order valence-electron chi connectivity index (χ2n) is 5.04. The monoisotopic (exact) mass is 234 g/mol. The summed E-state index contributed by atoms with van der Waals surface area (Å²) in [5.41, 5.74) is -1.35. The Morgan fingerprint density at radius 3 is 2.06 bits per heavy atom. The minimum Gasteiger partial charge on any atom is -0.372 e. The van der Waals surface area contributed by atoms with Crippen molar-refractivity contribution in [2.24, 2.45) is 17.2 Å². The van der Waals surface area contributed by atoms with Crippen LogP contribution in [-0.4, -0.2) is 13.7 Å². The lowest BCUT2D eigenvalue weighted by Gasteiger charge is -2.34. The van der Waals surface area contributed by atoms with Gasteiger partial charge in [-0.3, -0.25) is 0 Å². The number of alkyl halides is 3. The Morgan fingerprint density at radius 1 is 1.12 bits per heavy atom. The first-order valence-electron chi connectivity index (χ1n) is 5.75. The van der Waals surface area contributed by atoms with Crippen LogP contribution in [0.2, 0.25) is 5.82 Å². The van der Waals surface area contributed by atoms with Gasteiger partial charge in [-0.15, -0.1) is 0 Å². The van der Waals surface area contributed by atoms with Gasteiger partial charge in [0.25, 0.3) is 0 Å². The van der Waals surface area contributed by atoms with Crippen LogP contribution in [0.1, 0.15) is 38.5 Å². The van der Waals surface area contributed by atoms with E-state index in [2.05, 4.69) is 4.76 Å². The normalized spacial score (nSPS) is 33.5. The van der Waals surface area contributed by atoms with Gasteiger partial charge < -0.3 is 4.76 Å². The summed E-state index contributed by atoms with van der Waals surface area (Å²) in [6, 6.07) is 0. The average molecular weight is 234 g/mol. The Balaban J connectivity index is 1.90. The topological polar surface area (TPSA) is 35.2 Å². The zero-order valence-corrected chi connectivity index (χ0v) is 9.09. The number of rotatable bonds is 3. The van der Waals surface area contributed by atoms with Crippen molar-refractivity contribution in [3.05, 3.63) is 0 Å². The lowest BCUT2D eigenvalue weighted by atomic mass is 9.65. The fraction of sp³-hybridized carbons (Fsp3) is 1.00. The van der Waals surface area contributed by atoms with Crippen molar-refractivity contribution < 1.29 is 17.9 Å². The summed E-state index contributed by atoms with van der Waals surface area (Å²) >= 11 is 0. The Bertz CT molecular complexity index is 247. The van der Waals surface area contributed by atoms with Gasteiger partial charge in [0.05, 0.1) is 5.41 Å². The van der Waals surface area contributed by atoms with E-state index >= 15 is 0 Å². The maximum absolute atomic E-state index is 12.9. The van der Waals surface area contributed by atoms with Gasteiger partial charge in [-0.05, 0) is 37.4 Å². The van der Waals surface area contributed by atoms with Gasteiger partial charge in [0.2, 0.25) is 0 Å². The van der Waals surface area contributed by atoms with Crippen molar-refractivity contribution in [3.63, 3.8) is 0 Å². The molecule has 0 unspecified atom stereocenters. The Morgan fingerprint density at radius 2 is 1.69 bits per heavy atom. The standard InChI is InChI=1S/C10H16BF3NO/c12-10(13,14)9(5-6-9)7-1-3-8(4-2-7)11-16-15/h7-8H,1-6,15H2. The summed E-state index contributed by atoms with van der Waals surface area (Å²) in [6.07, 6.45) is -0.558. The fourth-order valence-corrected chi connectivity index (χ4v) is 2.98. The molecule has 0 aromatic heterocycles. The average Bonchev–Trinajstić information content (AvgIpc) is 2.99. The molecular formula is C10H16BF3NO. The Hall–Kier alpha value is -0.225. The van der Waals surface area contributed by atoms with Crippen LogP contribution in [0.15, 0.2) is 0 Å². The van der Waals surface area contributed by atoms with E-state index in [0.29, 0.717) is 25.7 Å². The number of halogens is 3. The lowest BCUT2D eigenvalue weighted by molar-refractivity contribution is -0.205. The maximum Gasteiger partial charge on any atom is 0.394 e. The number of hydrogen-bond donors (Lipinski definition) is 1. The summed E-state index contributed by atoms with van der Waals surface area (Å²) in [5, 5.41) is 0. The minimum absolute atomic E-state index is 0.185. The molecule has 2 rings (SSSR count). The summed E-state index contributed by atoms with van der Waals surface area (Å²) in [6.45, 7) is 0. The molecule has 0 aromatic rings. The summed E-state index contributed by atoms with van der Waals surface area (Å²) in [5.74, 6) is 4.97. The largest absolute Gasteiger partial charge is 0.394 e. The van der Waals surface area contributed by atoms with Crippen molar-refractivity contribution >= 4 is 7.48 Å². The van der Waals surface area contributed by atoms with Crippen LogP contribution in [0.4, 0.5) is 13.2 Å². The molecule has 0 aliphatic heterocycles. The minimum atomic E-state index is -4.02. The van der Waals surface area contributed by atoms with Crippen LogP contribution < -0.4 is 5.90 Å². The maximum atomic E-state index is 12.9. The first-order chi connectivity index (χ1) is 7.49. The molecule has 0 bridgehead atoms. The highest BCUT2D eigenvalue weighted by Crippen LogP contribution is 2.65. The molecule has 0 amide bonds. The van der Waals surface area contributed by atoms with E-state index in [1.165, 1.54) is 0 Å². The van der Waals surface area contributed by atoms with Gasteiger partial charge in [-0.25, -0.2) is 5.90 Å². The van der Waals surface area contributed by atoms with E-state index < -0.39 is 11.6 Å². The van der Waals surface area contributed by atoms with Crippen LogP contribution in [0.5, 0.6) is 0 Å². The van der Waals surface area contributed by atoms with E-state index in [1.54, 1.807) is 7.48 Å². The molecule has 2 aliphatic carbocycles. The van der Waals surface area contributed by atoms with E-state index in [9.17, 15) is 13.2 Å². The number of hydrogen-bond acceptors (Lipinski definition) is 2. The second-order valence-corrected chi connectivity index (χ2v) is 5.04. The van der Waals surface area contributed by atoms with E-state index in [-0.39, 0.29) is 11.7 Å². The van der Waals surface area contributed by atoms with E-state index in [1.807, 2.05) is 0 Å². The molecule has 0 atom stereocenters. The first-order valence-corrected chi connectivity index (χ1v) is 5.75. The molecule has 0 heterocycles. The predicted octanol–water partition coefficient (Wildman–Crippen LogP) is 2.82. The third kappa shape index (κ3) is 2.09. The number of nitrogens with two attached hydrogens (primary N) is 1. The van der Waals surface area contributed by atoms with Gasteiger partial charge in [0.15, 0.2) is 0 Å². The van der Waals surface area contributed by atoms with Gasteiger partial charge in [0.1, 0.15) is 0 Å². The lowest BCUT2D eigenvalue weighted by Crippen LogP contribution is -2.34. The highest BCUT2D eigenvalue weighted by Gasteiger charge is 2.66. The predicted molar refractivity (Wildman–Crippen MR) is 54.5 cm³/mol. The Labute approximate surface area is 93.9 Å². The van der Waals surface area contributed by atoms with Crippen LogP contribution in [0.25, 0.3) is 0 Å². The molecule has 2 N–H and O–H groups in total. The molecule has 91 valence electrons. The molecule has 0 aromatic carbocycles. The van der Waals surface area contributed by atoms with Crippen molar-refractivity contribution in [2.45, 2.75) is 50.5 Å². The molecule has 16 heavy (non-hydrogen) atoms. The fourth-order valence-electron chi connectivity index (χ4n) is 2.98. The molecule has 2 aliphatic rings. The Kier molecular flexibility index (Phi) is 3.23. The van der Waals surface area contributed by atoms with Crippen LogP contribution in [0, 0.1) is 11.3 Å². The highest BCUT2D eigenvalue weighted by molar-refractivity contribution is 6.29. The van der Waals surface area contributed by atoms with Crippen molar-refractivity contribution in [1.82, 2.24) is 0 Å². The summed E-state index contributed by atoms with van der Waals surface area (Å²) in [7, 11) is 1.55. The summed E-state index contributed by atoms with van der Waals surface area (Å²) < 4.78 is 43.1. The molecular weight excluding hydrogens is 218 g/mol. The van der Waals surface area contributed by atoms with Crippen molar-refractivity contribution in [1.29, 1.82) is 0 Å². The highest BCUT2D eigenvalue weighted by atomic mass is 19.4. The van der Waals surface area contributed by atoms with Gasteiger partial charge in [-0.1, -0.05) is 12.8 Å². The molecule has 2 nitrogen and oxygen atoms in total. The third-order valence-electron chi connectivity index (χ3n) is 4.18. The third-order valence-corrected chi connectivity index (χ3v) is 4.18. The van der Waals surface area contributed by atoms with Gasteiger partial charge >= 0.3 is 13.7 Å². The molecule has 6 heteroatoms. The molecule has 1 radical (unpaired) electrons. The van der Waals surface area contributed by atoms with E-state index in [0.717, 1.165) is 12.8 Å². The quantitative estimate of drug-likeness (QED) is 0.601. The van der Waals surface area contributed by atoms with Crippen molar-refractivity contribution in [3.8, 4) is 0 Å². The molecule has 0 spiro atoms. The molecule has 2 fully saturated rings. The zero-order valence-electron chi connectivity index (χ0n) is 9.09. The van der Waals surface area contributed by atoms with Crippen molar-refractivity contribution in [2.75, 3.05) is 0 Å². The smallest absolute Gasteiger partial charge is 0.372 e. The van der Waals surface area contributed by atoms with Gasteiger partial charge in [-0.2, -0.15) is 13.2 Å². The van der Waals surface area contributed by atoms with Crippen LogP contribution in [0.3, 0.4) is 0 Å². The SMILES string of the molecule is NO[B]C1CCC(C2(C(F)(F)F)CC2)CC1. The van der Waals surface area contributed by atoms with Crippen LogP contribution in [-0.2, 0) is 4.76 Å². The van der Waals surface area contributed by atoms with Gasteiger partial charge in [0, 0.05) is 0 Å². The molecule has 0 saturated heterocycles. The second kappa shape index (κ2) is 4.22. The zero-order chi connectivity index (χ0) is 11.8. The first kappa shape index (κ1) is 12.2. The van der Waals surface area contributed by atoms with Crippen LogP contribution >= 0.6 is 0 Å².